The Morgan fingerprint density at radius 1 is 1.53 bits per heavy atom. The molecule has 2 atom stereocenters. The maximum Gasteiger partial charge on any atom is 0.407 e. The molecule has 0 saturated carbocycles. The topological polar surface area (TPSA) is 53.4 Å². The highest BCUT2D eigenvalue weighted by Gasteiger charge is 2.38. The summed E-state index contributed by atoms with van der Waals surface area (Å²) >= 11 is 5.56. The van der Waals surface area contributed by atoms with E-state index >= 15 is 0 Å². The van der Waals surface area contributed by atoms with Gasteiger partial charge in [0.25, 0.3) is 0 Å². The number of rotatable bonds is 1. The van der Waals surface area contributed by atoms with Crippen LogP contribution in [0.4, 0.5) is 9.18 Å². The van der Waals surface area contributed by atoms with E-state index in [0.29, 0.717) is 19.0 Å². The van der Waals surface area contributed by atoms with Gasteiger partial charge < -0.3 is 10.0 Å². The first-order valence-electron chi connectivity index (χ1n) is 6.04. The Balaban J connectivity index is 1.80. The van der Waals surface area contributed by atoms with Crippen molar-refractivity contribution in [1.82, 2.24) is 9.88 Å². The minimum atomic E-state index is -0.872. The van der Waals surface area contributed by atoms with Crippen LogP contribution in [0.1, 0.15) is 12.0 Å². The van der Waals surface area contributed by atoms with Gasteiger partial charge in [0.2, 0.25) is 0 Å². The van der Waals surface area contributed by atoms with Crippen LogP contribution in [0.15, 0.2) is 18.3 Å². The molecule has 1 aromatic heterocycles. The molecule has 1 saturated heterocycles. The fourth-order valence-electron chi connectivity index (χ4n) is 2.88. The van der Waals surface area contributed by atoms with Crippen LogP contribution in [-0.2, 0) is 0 Å². The van der Waals surface area contributed by atoms with Gasteiger partial charge in [-0.2, -0.15) is 0 Å². The SMILES string of the molecule is O=C(O)N1C[C@H]2CC(c3cnc(Cl)c(F)c3)=C[C@H]2C1. The molecule has 1 N–H and O–H groups in total. The van der Waals surface area contributed by atoms with Crippen LogP contribution in [0.25, 0.3) is 5.57 Å². The van der Waals surface area contributed by atoms with E-state index in [-0.39, 0.29) is 11.1 Å². The van der Waals surface area contributed by atoms with E-state index in [2.05, 4.69) is 4.98 Å². The molecular weight excluding hydrogens is 271 g/mol. The number of amides is 1. The van der Waals surface area contributed by atoms with Gasteiger partial charge in [-0.15, -0.1) is 0 Å². The number of allylic oxidation sites excluding steroid dienone is 1. The normalized spacial score (nSPS) is 25.4. The number of carbonyl (C=O) groups is 1. The lowest BCUT2D eigenvalue weighted by molar-refractivity contribution is 0.153. The van der Waals surface area contributed by atoms with E-state index in [1.54, 1.807) is 6.20 Å². The Labute approximate surface area is 114 Å². The van der Waals surface area contributed by atoms with Crippen LogP contribution in [0.2, 0.25) is 5.15 Å². The second-order valence-corrected chi connectivity index (χ2v) is 5.36. The Morgan fingerprint density at radius 2 is 2.32 bits per heavy atom. The Hall–Kier alpha value is -1.62. The third-order valence-electron chi connectivity index (χ3n) is 3.83. The number of hydrogen-bond donors (Lipinski definition) is 1. The van der Waals surface area contributed by atoms with Crippen molar-refractivity contribution < 1.29 is 14.3 Å². The monoisotopic (exact) mass is 282 g/mol. The zero-order valence-electron chi connectivity index (χ0n) is 10.0. The number of nitrogens with zero attached hydrogens (tertiary/aromatic N) is 2. The summed E-state index contributed by atoms with van der Waals surface area (Å²) in [7, 11) is 0. The van der Waals surface area contributed by atoms with Crippen molar-refractivity contribution in [1.29, 1.82) is 0 Å². The number of carboxylic acid groups (broad SMARTS) is 1. The highest BCUT2D eigenvalue weighted by atomic mass is 35.5. The maximum absolute atomic E-state index is 13.4. The van der Waals surface area contributed by atoms with Crippen molar-refractivity contribution in [2.75, 3.05) is 13.1 Å². The van der Waals surface area contributed by atoms with E-state index in [1.807, 2.05) is 6.08 Å². The van der Waals surface area contributed by atoms with E-state index in [9.17, 15) is 9.18 Å². The first-order chi connectivity index (χ1) is 9.04. The zero-order valence-corrected chi connectivity index (χ0v) is 10.8. The minimum absolute atomic E-state index is 0.125. The van der Waals surface area contributed by atoms with Crippen molar-refractivity contribution in [2.45, 2.75) is 6.42 Å². The molecule has 100 valence electrons. The van der Waals surface area contributed by atoms with Crippen molar-refractivity contribution in [3.05, 3.63) is 34.9 Å². The number of halogens is 2. The van der Waals surface area contributed by atoms with Gasteiger partial charge in [-0.25, -0.2) is 14.2 Å². The smallest absolute Gasteiger partial charge is 0.407 e. The summed E-state index contributed by atoms with van der Waals surface area (Å²) in [5.41, 5.74) is 1.77. The van der Waals surface area contributed by atoms with Crippen LogP contribution < -0.4 is 0 Å². The van der Waals surface area contributed by atoms with E-state index in [0.717, 1.165) is 17.6 Å². The molecule has 0 aromatic carbocycles. The lowest BCUT2D eigenvalue weighted by Gasteiger charge is -2.12. The molecule has 4 nitrogen and oxygen atoms in total. The summed E-state index contributed by atoms with van der Waals surface area (Å²) in [6.45, 7) is 1.07. The largest absolute Gasteiger partial charge is 0.465 e. The molecule has 1 amide bonds. The fraction of sp³-hybridized carbons (Fsp3) is 0.385. The van der Waals surface area contributed by atoms with E-state index < -0.39 is 11.9 Å². The summed E-state index contributed by atoms with van der Waals surface area (Å²) in [5.74, 6) is -0.000956. The third-order valence-corrected chi connectivity index (χ3v) is 4.10. The fourth-order valence-corrected chi connectivity index (χ4v) is 2.98. The van der Waals surface area contributed by atoms with Gasteiger partial charge in [-0.3, -0.25) is 0 Å². The average molecular weight is 283 g/mol. The summed E-state index contributed by atoms with van der Waals surface area (Å²) in [6.07, 6.45) is 3.49. The third kappa shape index (κ3) is 2.18. The van der Waals surface area contributed by atoms with Crippen LogP contribution in [-0.4, -0.2) is 34.2 Å². The number of fused-ring (bicyclic) bond motifs is 1. The molecule has 2 aliphatic rings. The molecule has 1 aromatic rings. The van der Waals surface area contributed by atoms with Gasteiger partial charge in [0, 0.05) is 19.3 Å². The number of hydrogen-bond acceptors (Lipinski definition) is 2. The number of likely N-dealkylation sites (tertiary alicyclic amines) is 1. The van der Waals surface area contributed by atoms with Gasteiger partial charge in [0.05, 0.1) is 0 Å². The summed E-state index contributed by atoms with van der Waals surface area (Å²) < 4.78 is 13.4. The van der Waals surface area contributed by atoms with Crippen LogP contribution in [0.3, 0.4) is 0 Å². The number of aromatic nitrogens is 1. The molecule has 0 spiro atoms. The molecule has 19 heavy (non-hydrogen) atoms. The molecular formula is C13H12ClFN2O2. The standard InChI is InChI=1S/C13H12ClFN2O2/c14-12-11(15)3-8(4-16-12)7-1-9-5-17(13(18)19)6-10(9)2-7/h1,3-4,9-10H,2,5-6H2,(H,18,19)/t9-,10+/m0/s1. The zero-order chi connectivity index (χ0) is 13.6. The maximum atomic E-state index is 13.4. The lowest BCUT2D eigenvalue weighted by Crippen LogP contribution is -2.27. The highest BCUT2D eigenvalue weighted by molar-refractivity contribution is 6.29. The van der Waals surface area contributed by atoms with Crippen LogP contribution >= 0.6 is 11.6 Å². The predicted molar refractivity (Wildman–Crippen MR) is 68.4 cm³/mol. The van der Waals surface area contributed by atoms with E-state index in [1.165, 1.54) is 11.0 Å². The molecule has 2 heterocycles. The Bertz CT molecular complexity index is 576. The van der Waals surface area contributed by atoms with E-state index in [4.69, 9.17) is 16.7 Å². The quantitative estimate of drug-likeness (QED) is 0.806. The molecule has 0 radical (unpaired) electrons. The second-order valence-electron chi connectivity index (χ2n) is 5.00. The minimum Gasteiger partial charge on any atom is -0.465 e. The van der Waals surface area contributed by atoms with Crippen molar-refractivity contribution in [3.8, 4) is 0 Å². The molecule has 0 bridgehead atoms. The van der Waals surface area contributed by atoms with Crippen molar-refractivity contribution >= 4 is 23.3 Å². The van der Waals surface area contributed by atoms with Crippen molar-refractivity contribution in [2.24, 2.45) is 11.8 Å². The average Bonchev–Trinajstić information content (AvgIpc) is 2.90. The van der Waals surface area contributed by atoms with Gasteiger partial charge in [0.1, 0.15) is 0 Å². The van der Waals surface area contributed by atoms with Gasteiger partial charge in [-0.1, -0.05) is 17.7 Å². The highest BCUT2D eigenvalue weighted by Crippen LogP contribution is 2.41. The number of pyridine rings is 1. The molecule has 0 unspecified atom stereocenters. The first-order valence-corrected chi connectivity index (χ1v) is 6.42. The lowest BCUT2D eigenvalue weighted by atomic mass is 9.99. The molecule has 1 aliphatic heterocycles. The molecule has 1 aliphatic carbocycles. The van der Waals surface area contributed by atoms with Gasteiger partial charge in [-0.05, 0) is 35.5 Å². The van der Waals surface area contributed by atoms with Crippen LogP contribution in [0.5, 0.6) is 0 Å². The Kier molecular flexibility index (Phi) is 2.93. The van der Waals surface area contributed by atoms with Gasteiger partial charge >= 0.3 is 6.09 Å². The summed E-state index contributed by atoms with van der Waals surface area (Å²) in [5, 5.41) is 8.82. The first kappa shape index (κ1) is 12.4. The predicted octanol–water partition coefficient (Wildman–Crippen LogP) is 2.89. The second kappa shape index (κ2) is 4.49. The molecule has 3 rings (SSSR count). The molecule has 6 heteroatoms. The Morgan fingerprint density at radius 3 is 2.95 bits per heavy atom. The summed E-state index contributed by atoms with van der Waals surface area (Å²) in [4.78, 5) is 16.1. The summed E-state index contributed by atoms with van der Waals surface area (Å²) in [6, 6.07) is 1.39. The van der Waals surface area contributed by atoms with Crippen LogP contribution in [0, 0.1) is 17.7 Å². The molecule has 1 fully saturated rings. The van der Waals surface area contributed by atoms with Crippen molar-refractivity contribution in [3.63, 3.8) is 0 Å². The van der Waals surface area contributed by atoms with Gasteiger partial charge in [0.15, 0.2) is 11.0 Å².